The van der Waals surface area contributed by atoms with Crippen LogP contribution in [0.25, 0.3) is 31.3 Å². The first kappa shape index (κ1) is 20.6. The Hall–Kier alpha value is -2.56. The maximum Gasteiger partial charge on any atom is 0.0746 e. The Bertz CT molecular complexity index is 1820. The Morgan fingerprint density at radius 1 is 0.629 bits per heavy atom. The van der Waals surface area contributed by atoms with Crippen LogP contribution in [0.3, 0.4) is 0 Å². The summed E-state index contributed by atoms with van der Waals surface area (Å²) in [5.41, 5.74) is 7.60. The highest BCUT2D eigenvalue weighted by atomic mass is 79.9. The van der Waals surface area contributed by atoms with Gasteiger partial charge in [-0.2, -0.15) is 0 Å². The van der Waals surface area contributed by atoms with Crippen molar-refractivity contribution in [1.82, 2.24) is 0 Å². The molecule has 0 saturated heterocycles. The molecule has 1 aliphatic heterocycles. The number of halogens is 2. The van der Waals surface area contributed by atoms with Crippen molar-refractivity contribution in [2.24, 2.45) is 0 Å². The van der Waals surface area contributed by atoms with E-state index >= 15 is 0 Å². The zero-order valence-electron chi connectivity index (χ0n) is 18.3. The average molecular weight is 568 g/mol. The summed E-state index contributed by atoms with van der Waals surface area (Å²) in [5, 5.41) is 3.28. The molecule has 4 heteroatoms. The third kappa shape index (κ3) is 2.50. The lowest BCUT2D eigenvalue weighted by Crippen LogP contribution is -2.32. The van der Waals surface area contributed by atoms with Crippen LogP contribution in [0.2, 0.25) is 5.02 Å². The molecule has 0 fully saturated rings. The predicted octanol–water partition coefficient (Wildman–Crippen LogP) is 10.3. The normalized spacial score (nSPS) is 14.7. The van der Waals surface area contributed by atoms with Gasteiger partial charge < -0.3 is 0 Å². The Morgan fingerprint density at radius 3 is 2.09 bits per heavy atom. The summed E-state index contributed by atoms with van der Waals surface area (Å²) in [5.74, 6) is 0. The van der Waals surface area contributed by atoms with E-state index in [1.165, 1.54) is 63.3 Å². The Labute approximate surface area is 224 Å². The number of benzene rings is 5. The molecular weight excluding hydrogens is 552 g/mol. The van der Waals surface area contributed by atoms with Gasteiger partial charge >= 0.3 is 0 Å². The average Bonchev–Trinajstić information content (AvgIpc) is 3.40. The molecule has 0 N–H and O–H groups in total. The topological polar surface area (TPSA) is 0 Å². The molecule has 0 unspecified atom stereocenters. The van der Waals surface area contributed by atoms with Crippen molar-refractivity contribution in [2.45, 2.75) is 15.2 Å². The molecular formula is C31H16BrClS2. The number of thiophene rings is 1. The zero-order chi connectivity index (χ0) is 23.3. The van der Waals surface area contributed by atoms with Gasteiger partial charge in [-0.15, -0.1) is 11.3 Å². The minimum Gasteiger partial charge on any atom is -0.135 e. The lowest BCUT2D eigenvalue weighted by molar-refractivity contribution is 0.721. The lowest BCUT2D eigenvalue weighted by atomic mass is 9.67. The highest BCUT2D eigenvalue weighted by Crippen LogP contribution is 2.64. The van der Waals surface area contributed by atoms with E-state index in [-0.39, 0.29) is 0 Å². The minimum atomic E-state index is -0.396. The van der Waals surface area contributed by atoms with E-state index in [2.05, 4.69) is 107 Å². The SMILES string of the molecule is Clc1cccc2sc3ccc4c(c3c12)Sc1cccc(Br)c1C41c2ccccc2-c2ccccc21. The van der Waals surface area contributed by atoms with E-state index in [0.29, 0.717) is 0 Å². The van der Waals surface area contributed by atoms with Crippen molar-refractivity contribution >= 4 is 70.8 Å². The fourth-order valence-corrected chi connectivity index (χ4v) is 9.93. The molecule has 1 aliphatic carbocycles. The van der Waals surface area contributed by atoms with E-state index in [9.17, 15) is 0 Å². The third-order valence-electron chi connectivity index (χ3n) is 7.48. The van der Waals surface area contributed by atoms with E-state index in [1.807, 2.05) is 29.2 Å². The molecule has 2 heterocycles. The van der Waals surface area contributed by atoms with Gasteiger partial charge in [0, 0.05) is 39.5 Å². The number of rotatable bonds is 0. The number of hydrogen-bond acceptors (Lipinski definition) is 2. The monoisotopic (exact) mass is 566 g/mol. The molecule has 0 atom stereocenters. The van der Waals surface area contributed by atoms with Gasteiger partial charge in [0.25, 0.3) is 0 Å². The molecule has 2 aliphatic rings. The Morgan fingerprint density at radius 2 is 1.31 bits per heavy atom. The van der Waals surface area contributed by atoms with E-state index in [0.717, 1.165) is 9.50 Å². The third-order valence-corrected chi connectivity index (χ3v) is 10.8. The molecule has 166 valence electrons. The molecule has 35 heavy (non-hydrogen) atoms. The largest absolute Gasteiger partial charge is 0.135 e. The molecule has 1 spiro atoms. The van der Waals surface area contributed by atoms with Crippen molar-refractivity contribution in [3.8, 4) is 11.1 Å². The summed E-state index contributed by atoms with van der Waals surface area (Å²) in [6.07, 6.45) is 0. The van der Waals surface area contributed by atoms with Gasteiger partial charge in [0.2, 0.25) is 0 Å². The number of fused-ring (bicyclic) bond motifs is 13. The zero-order valence-corrected chi connectivity index (χ0v) is 22.3. The minimum absolute atomic E-state index is 0.396. The van der Waals surface area contributed by atoms with Crippen LogP contribution in [0.15, 0.2) is 111 Å². The molecule has 0 bridgehead atoms. The van der Waals surface area contributed by atoms with Crippen LogP contribution in [0.1, 0.15) is 22.3 Å². The fourth-order valence-electron chi connectivity index (χ4n) is 6.23. The molecule has 0 amide bonds. The molecule has 0 radical (unpaired) electrons. The summed E-state index contributed by atoms with van der Waals surface area (Å²) >= 11 is 14.5. The molecule has 0 nitrogen and oxygen atoms in total. The predicted molar refractivity (Wildman–Crippen MR) is 153 cm³/mol. The van der Waals surface area contributed by atoms with Crippen LogP contribution in [0.5, 0.6) is 0 Å². The van der Waals surface area contributed by atoms with Gasteiger partial charge in [-0.25, -0.2) is 0 Å². The standard InChI is InChI=1S/C31H16BrClS2/c32-22-11-5-14-26-29(22)31(19-9-3-1-7-17(19)18-8-2-4-10-20(18)31)21-15-16-25-28(30(21)35-26)27-23(33)12-6-13-24(27)34-25/h1-16H. The van der Waals surface area contributed by atoms with Crippen LogP contribution in [0.4, 0.5) is 0 Å². The molecule has 0 saturated carbocycles. The highest BCUT2D eigenvalue weighted by molar-refractivity contribution is 9.10. The first-order valence-electron chi connectivity index (χ1n) is 11.5. The van der Waals surface area contributed by atoms with Gasteiger partial charge in [-0.1, -0.05) is 106 Å². The summed E-state index contributed by atoms with van der Waals surface area (Å²) < 4.78 is 3.67. The van der Waals surface area contributed by atoms with Crippen molar-refractivity contribution in [3.05, 3.63) is 129 Å². The maximum absolute atomic E-state index is 6.85. The van der Waals surface area contributed by atoms with Gasteiger partial charge in [-0.05, 0) is 63.7 Å². The number of hydrogen-bond donors (Lipinski definition) is 0. The van der Waals surface area contributed by atoms with Gasteiger partial charge in [0.05, 0.1) is 5.41 Å². The van der Waals surface area contributed by atoms with Crippen LogP contribution in [-0.2, 0) is 5.41 Å². The Kier molecular flexibility index (Phi) is 4.26. The first-order valence-corrected chi connectivity index (χ1v) is 14.3. The molecule has 1 aromatic heterocycles. The van der Waals surface area contributed by atoms with Crippen LogP contribution in [0, 0.1) is 0 Å². The van der Waals surface area contributed by atoms with Gasteiger partial charge in [0.1, 0.15) is 0 Å². The van der Waals surface area contributed by atoms with Crippen LogP contribution >= 0.6 is 50.6 Å². The van der Waals surface area contributed by atoms with Crippen molar-refractivity contribution in [2.75, 3.05) is 0 Å². The Balaban J connectivity index is 1.64. The van der Waals surface area contributed by atoms with Crippen LogP contribution in [-0.4, -0.2) is 0 Å². The second-order valence-corrected chi connectivity index (χ2v) is 12.5. The highest BCUT2D eigenvalue weighted by Gasteiger charge is 2.51. The molecule has 6 aromatic rings. The molecule has 8 rings (SSSR count). The second kappa shape index (κ2) is 7.24. The summed E-state index contributed by atoms with van der Waals surface area (Å²) in [6, 6.07) is 35.4. The summed E-state index contributed by atoms with van der Waals surface area (Å²) in [6.45, 7) is 0. The smallest absolute Gasteiger partial charge is 0.0746 e. The quantitative estimate of drug-likeness (QED) is 0.176. The van der Waals surface area contributed by atoms with Crippen molar-refractivity contribution in [1.29, 1.82) is 0 Å². The van der Waals surface area contributed by atoms with Gasteiger partial charge in [-0.3, -0.25) is 0 Å². The lowest BCUT2D eigenvalue weighted by Gasteiger charge is -2.40. The fraction of sp³-hybridized carbons (Fsp3) is 0.0323. The summed E-state index contributed by atoms with van der Waals surface area (Å²) in [4.78, 5) is 2.61. The first-order chi connectivity index (χ1) is 17.2. The maximum atomic E-state index is 6.85. The van der Waals surface area contributed by atoms with Crippen molar-refractivity contribution in [3.63, 3.8) is 0 Å². The van der Waals surface area contributed by atoms with Gasteiger partial charge in [0.15, 0.2) is 0 Å². The second-order valence-electron chi connectivity index (χ2n) is 9.09. The molecule has 5 aromatic carbocycles. The van der Waals surface area contributed by atoms with Crippen LogP contribution < -0.4 is 0 Å². The van der Waals surface area contributed by atoms with E-state index in [1.54, 1.807) is 0 Å². The summed E-state index contributed by atoms with van der Waals surface area (Å²) in [7, 11) is 0. The van der Waals surface area contributed by atoms with E-state index in [4.69, 9.17) is 11.6 Å². The van der Waals surface area contributed by atoms with Crippen molar-refractivity contribution < 1.29 is 0 Å². The van der Waals surface area contributed by atoms with E-state index < -0.39 is 5.41 Å².